The smallest absolute Gasteiger partial charge is 0.281 e. The second-order valence-corrected chi connectivity index (χ2v) is 5.23. The number of rotatable bonds is 3. The van der Waals surface area contributed by atoms with Gasteiger partial charge in [-0.2, -0.15) is 10.5 Å². The Bertz CT molecular complexity index is 882. The molecule has 0 N–H and O–H groups in total. The van der Waals surface area contributed by atoms with E-state index in [0.717, 1.165) is 11.8 Å². The first-order valence-electron chi connectivity index (χ1n) is 6.22. The Morgan fingerprint density at radius 2 is 1.82 bits per heavy atom. The quantitative estimate of drug-likeness (QED) is 0.729. The van der Waals surface area contributed by atoms with E-state index in [4.69, 9.17) is 19.4 Å². The van der Waals surface area contributed by atoms with Gasteiger partial charge in [-0.15, -0.1) is 10.2 Å². The summed E-state index contributed by atoms with van der Waals surface area (Å²) in [5.74, 6) is 1.01. The van der Waals surface area contributed by atoms with Gasteiger partial charge in [0.25, 0.3) is 11.1 Å². The average Bonchev–Trinajstić information content (AvgIpc) is 3.16. The van der Waals surface area contributed by atoms with E-state index in [9.17, 15) is 0 Å². The van der Waals surface area contributed by atoms with Crippen LogP contribution in [0.3, 0.4) is 0 Å². The van der Waals surface area contributed by atoms with Crippen LogP contribution in [-0.4, -0.2) is 10.2 Å². The first kappa shape index (κ1) is 13.9. The van der Waals surface area contributed by atoms with E-state index in [-0.39, 0.29) is 5.22 Å². The van der Waals surface area contributed by atoms with Crippen LogP contribution in [0.5, 0.6) is 0 Å². The van der Waals surface area contributed by atoms with Crippen molar-refractivity contribution in [3.63, 3.8) is 0 Å². The minimum absolute atomic E-state index is 0.259. The molecular formula is C15H8N4O2S. The first-order valence-corrected chi connectivity index (χ1v) is 7.03. The highest BCUT2D eigenvalue weighted by atomic mass is 32.2. The maximum atomic E-state index is 9.16. The summed E-state index contributed by atoms with van der Waals surface area (Å²) >= 11 is 1.10. The summed E-state index contributed by atoms with van der Waals surface area (Å²) in [5, 5.41) is 26.5. The van der Waals surface area contributed by atoms with Crippen LogP contribution in [0.25, 0.3) is 11.5 Å². The Morgan fingerprint density at radius 3 is 2.41 bits per heavy atom. The zero-order valence-electron chi connectivity index (χ0n) is 11.4. The molecule has 22 heavy (non-hydrogen) atoms. The number of nitrogens with zero attached hydrogens (tertiary/aromatic N) is 4. The van der Waals surface area contributed by atoms with E-state index < -0.39 is 0 Å². The van der Waals surface area contributed by atoms with Crippen molar-refractivity contribution < 1.29 is 8.83 Å². The number of hydrogen-bond acceptors (Lipinski definition) is 7. The predicted octanol–water partition coefficient (Wildman–Crippen LogP) is 3.53. The molecule has 2 aromatic heterocycles. The molecule has 0 bridgehead atoms. The molecule has 7 heteroatoms. The molecule has 0 aliphatic carbocycles. The molecule has 0 saturated carbocycles. The van der Waals surface area contributed by atoms with Crippen LogP contribution in [0, 0.1) is 29.6 Å². The summed E-state index contributed by atoms with van der Waals surface area (Å²) in [6, 6.07) is 10.8. The highest BCUT2D eigenvalue weighted by Crippen LogP contribution is 2.34. The van der Waals surface area contributed by atoms with Crippen molar-refractivity contribution in [2.24, 2.45) is 0 Å². The number of aromatic nitrogens is 2. The standard InChI is InChI=1S/C15H8N4O2S/c1-9-12(5-6-20-9)14-18-19-15(21-14)22-13-10(7-16)3-2-4-11(13)8-17/h2-6H,1H3. The van der Waals surface area contributed by atoms with Crippen molar-refractivity contribution >= 4 is 11.8 Å². The molecule has 0 amide bonds. The van der Waals surface area contributed by atoms with E-state index in [1.807, 2.05) is 0 Å². The van der Waals surface area contributed by atoms with Gasteiger partial charge in [-0.3, -0.25) is 0 Å². The topological polar surface area (TPSA) is 99.6 Å². The van der Waals surface area contributed by atoms with E-state index in [0.29, 0.717) is 33.2 Å². The van der Waals surface area contributed by atoms with Gasteiger partial charge in [0.05, 0.1) is 27.8 Å². The zero-order chi connectivity index (χ0) is 15.5. The third-order valence-electron chi connectivity index (χ3n) is 2.94. The predicted molar refractivity (Wildman–Crippen MR) is 76.7 cm³/mol. The molecule has 0 radical (unpaired) electrons. The van der Waals surface area contributed by atoms with Crippen LogP contribution < -0.4 is 0 Å². The highest BCUT2D eigenvalue weighted by molar-refractivity contribution is 7.99. The number of hydrogen-bond donors (Lipinski definition) is 0. The molecule has 2 heterocycles. The van der Waals surface area contributed by atoms with Crippen LogP contribution in [0.2, 0.25) is 0 Å². The van der Waals surface area contributed by atoms with Gasteiger partial charge in [-0.1, -0.05) is 6.07 Å². The van der Waals surface area contributed by atoms with Gasteiger partial charge in [0, 0.05) is 0 Å². The highest BCUT2D eigenvalue weighted by Gasteiger charge is 2.17. The minimum Gasteiger partial charge on any atom is -0.469 e. The van der Waals surface area contributed by atoms with Crippen molar-refractivity contribution in [2.45, 2.75) is 17.0 Å². The second kappa shape index (κ2) is 5.76. The molecule has 0 unspecified atom stereocenters. The Kier molecular flexibility index (Phi) is 3.65. The first-order chi connectivity index (χ1) is 10.7. The lowest BCUT2D eigenvalue weighted by Crippen LogP contribution is -1.87. The van der Waals surface area contributed by atoms with Gasteiger partial charge in [0.15, 0.2) is 0 Å². The summed E-state index contributed by atoms with van der Waals surface area (Å²) in [6.07, 6.45) is 1.54. The van der Waals surface area contributed by atoms with E-state index in [1.165, 1.54) is 0 Å². The lowest BCUT2D eigenvalue weighted by molar-refractivity contribution is 0.463. The molecule has 0 aliphatic rings. The van der Waals surface area contributed by atoms with Crippen LogP contribution in [-0.2, 0) is 0 Å². The molecule has 0 fully saturated rings. The molecule has 3 aromatic rings. The Morgan fingerprint density at radius 1 is 1.09 bits per heavy atom. The van der Waals surface area contributed by atoms with Crippen molar-refractivity contribution in [2.75, 3.05) is 0 Å². The molecule has 106 valence electrons. The summed E-state index contributed by atoms with van der Waals surface area (Å²) in [5.41, 5.74) is 1.50. The Labute approximate surface area is 130 Å². The Balaban J connectivity index is 1.96. The van der Waals surface area contributed by atoms with Crippen molar-refractivity contribution in [1.82, 2.24) is 10.2 Å². The monoisotopic (exact) mass is 308 g/mol. The normalized spacial score (nSPS) is 10.1. The van der Waals surface area contributed by atoms with Crippen molar-refractivity contribution in [3.8, 4) is 23.6 Å². The Hall–Kier alpha value is -3.03. The third kappa shape index (κ3) is 2.46. The number of nitriles is 2. The largest absolute Gasteiger partial charge is 0.469 e. The van der Waals surface area contributed by atoms with E-state index >= 15 is 0 Å². The van der Waals surface area contributed by atoms with Crippen molar-refractivity contribution in [3.05, 3.63) is 47.4 Å². The summed E-state index contributed by atoms with van der Waals surface area (Å²) in [6.45, 7) is 1.80. The zero-order valence-corrected chi connectivity index (χ0v) is 12.2. The molecule has 1 aromatic carbocycles. The fourth-order valence-corrected chi connectivity index (χ4v) is 2.70. The van der Waals surface area contributed by atoms with Gasteiger partial charge >= 0.3 is 0 Å². The van der Waals surface area contributed by atoms with Crippen LogP contribution >= 0.6 is 11.8 Å². The minimum atomic E-state index is 0.259. The molecule has 3 rings (SSSR count). The fraction of sp³-hybridized carbons (Fsp3) is 0.0667. The average molecular weight is 308 g/mol. The SMILES string of the molecule is Cc1occc1-c1nnc(Sc2c(C#N)cccc2C#N)o1. The summed E-state index contributed by atoms with van der Waals surface area (Å²) in [7, 11) is 0. The fourth-order valence-electron chi connectivity index (χ4n) is 1.88. The number of furan rings is 1. The maximum absolute atomic E-state index is 9.16. The van der Waals surface area contributed by atoms with Crippen molar-refractivity contribution in [1.29, 1.82) is 10.5 Å². The van der Waals surface area contributed by atoms with Crippen LogP contribution in [0.1, 0.15) is 16.9 Å². The molecule has 0 atom stereocenters. The van der Waals surface area contributed by atoms with Gasteiger partial charge in [0.2, 0.25) is 0 Å². The lowest BCUT2D eigenvalue weighted by Gasteiger charge is -2.01. The molecule has 0 spiro atoms. The van der Waals surface area contributed by atoms with Gasteiger partial charge in [0.1, 0.15) is 17.9 Å². The van der Waals surface area contributed by atoms with E-state index in [2.05, 4.69) is 22.3 Å². The van der Waals surface area contributed by atoms with Crippen LogP contribution in [0.15, 0.2) is 49.5 Å². The second-order valence-electron chi connectivity index (χ2n) is 4.27. The van der Waals surface area contributed by atoms with Gasteiger partial charge in [-0.05, 0) is 36.9 Å². The molecule has 6 nitrogen and oxygen atoms in total. The lowest BCUT2D eigenvalue weighted by atomic mass is 10.1. The van der Waals surface area contributed by atoms with Gasteiger partial charge < -0.3 is 8.83 Å². The molecule has 0 aliphatic heterocycles. The van der Waals surface area contributed by atoms with Crippen LogP contribution in [0.4, 0.5) is 0 Å². The number of aryl methyl sites for hydroxylation is 1. The number of benzene rings is 1. The molecule has 0 saturated heterocycles. The van der Waals surface area contributed by atoms with Gasteiger partial charge in [-0.25, -0.2) is 0 Å². The summed E-state index contributed by atoms with van der Waals surface area (Å²) < 4.78 is 10.8. The summed E-state index contributed by atoms with van der Waals surface area (Å²) in [4.78, 5) is 0.506. The third-order valence-corrected chi connectivity index (χ3v) is 3.92. The maximum Gasteiger partial charge on any atom is 0.281 e. The molecular weight excluding hydrogens is 300 g/mol. The van der Waals surface area contributed by atoms with E-state index in [1.54, 1.807) is 37.5 Å².